The minimum Gasteiger partial charge on any atom is -0.480 e. The van der Waals surface area contributed by atoms with E-state index in [1.165, 1.54) is 0 Å². The Morgan fingerprint density at radius 3 is 2.52 bits per heavy atom. The van der Waals surface area contributed by atoms with Crippen molar-refractivity contribution < 1.29 is 24.2 Å². The Labute approximate surface area is 157 Å². The van der Waals surface area contributed by atoms with E-state index in [4.69, 9.17) is 4.74 Å². The zero-order valence-corrected chi connectivity index (χ0v) is 15.3. The van der Waals surface area contributed by atoms with Crippen LogP contribution < -0.4 is 0 Å². The number of ether oxygens (including phenoxy) is 1. The molecule has 1 aromatic rings. The lowest BCUT2D eigenvalue weighted by Gasteiger charge is -2.43. The number of carboxylic acids is 1. The third kappa shape index (κ3) is 2.85. The van der Waals surface area contributed by atoms with Crippen molar-refractivity contribution in [3.8, 4) is 0 Å². The van der Waals surface area contributed by atoms with Crippen LogP contribution in [0.4, 0.5) is 0 Å². The van der Waals surface area contributed by atoms with Gasteiger partial charge in [0, 0.05) is 23.6 Å². The highest BCUT2D eigenvalue weighted by Crippen LogP contribution is 2.51. The van der Waals surface area contributed by atoms with Crippen LogP contribution in [0, 0.1) is 5.41 Å². The van der Waals surface area contributed by atoms with Crippen LogP contribution in [-0.2, 0) is 19.1 Å². The summed E-state index contributed by atoms with van der Waals surface area (Å²) in [4.78, 5) is 38.8. The van der Waals surface area contributed by atoms with Gasteiger partial charge in [0.1, 0.15) is 13.2 Å². The van der Waals surface area contributed by atoms with Crippen LogP contribution in [0.1, 0.15) is 38.2 Å². The molecule has 0 radical (unpaired) electrons. The Kier molecular flexibility index (Phi) is 3.94. The van der Waals surface area contributed by atoms with Gasteiger partial charge < -0.3 is 14.7 Å². The van der Waals surface area contributed by atoms with Crippen molar-refractivity contribution in [1.29, 1.82) is 0 Å². The zero-order chi connectivity index (χ0) is 19.3. The van der Waals surface area contributed by atoms with Gasteiger partial charge in [-0.3, -0.25) is 9.59 Å². The van der Waals surface area contributed by atoms with Crippen LogP contribution in [0.15, 0.2) is 52.9 Å². The molecule has 4 rings (SSSR count). The summed E-state index contributed by atoms with van der Waals surface area (Å²) in [6, 6.07) is 9.41. The number of allylic oxidation sites excluding steroid dienone is 2. The molecule has 140 valence electrons. The van der Waals surface area contributed by atoms with Gasteiger partial charge in [-0.05, 0) is 17.4 Å². The molecule has 0 saturated carbocycles. The Balaban J connectivity index is 1.96. The predicted octanol–water partition coefficient (Wildman–Crippen LogP) is 2.62. The maximum Gasteiger partial charge on any atom is 0.337 e. The summed E-state index contributed by atoms with van der Waals surface area (Å²) in [6.45, 7) is 3.76. The number of hydrogen-bond donors (Lipinski definition) is 1. The first-order valence-corrected chi connectivity index (χ1v) is 8.99. The fraction of sp³-hybridized carbons (Fsp3) is 0.381. The molecule has 0 spiro atoms. The maximum absolute atomic E-state index is 13.1. The van der Waals surface area contributed by atoms with E-state index in [9.17, 15) is 19.5 Å². The second kappa shape index (κ2) is 6.08. The second-order valence-corrected chi connectivity index (χ2v) is 8.06. The summed E-state index contributed by atoms with van der Waals surface area (Å²) in [6.07, 6.45) is 0.948. The number of carboxylic acid groups (broad SMARTS) is 1. The number of ketones is 1. The fourth-order valence-corrected chi connectivity index (χ4v) is 4.40. The third-order valence-corrected chi connectivity index (χ3v) is 5.42. The quantitative estimate of drug-likeness (QED) is 0.827. The maximum atomic E-state index is 13.1. The van der Waals surface area contributed by atoms with Crippen molar-refractivity contribution in [2.24, 2.45) is 5.41 Å². The van der Waals surface area contributed by atoms with Gasteiger partial charge >= 0.3 is 11.9 Å². The first-order valence-electron chi connectivity index (χ1n) is 8.99. The van der Waals surface area contributed by atoms with E-state index in [0.717, 1.165) is 5.56 Å². The molecule has 0 bridgehead atoms. The van der Waals surface area contributed by atoms with Gasteiger partial charge in [0.15, 0.2) is 5.78 Å². The van der Waals surface area contributed by atoms with E-state index in [2.05, 4.69) is 0 Å². The molecule has 2 heterocycles. The second-order valence-electron chi connectivity index (χ2n) is 8.06. The molecule has 1 atom stereocenters. The largest absolute Gasteiger partial charge is 0.480 e. The normalized spacial score (nSPS) is 23.9. The number of nitrogens with zero attached hydrogens (tertiary/aromatic N) is 1. The lowest BCUT2D eigenvalue weighted by atomic mass is 9.68. The summed E-state index contributed by atoms with van der Waals surface area (Å²) in [7, 11) is 0. The number of hydrogen-bond acceptors (Lipinski definition) is 5. The van der Waals surface area contributed by atoms with E-state index in [0.29, 0.717) is 35.4 Å². The van der Waals surface area contributed by atoms with Gasteiger partial charge in [0.25, 0.3) is 0 Å². The SMILES string of the molecule is CC1(C)CC(=O)C2=C(C1)N(CC(=O)O)C1=C(C(=O)OC1)C2c1ccccc1. The van der Waals surface area contributed by atoms with E-state index < -0.39 is 17.9 Å². The van der Waals surface area contributed by atoms with E-state index in [-0.39, 0.29) is 24.3 Å². The summed E-state index contributed by atoms with van der Waals surface area (Å²) in [5.74, 6) is -2.02. The molecular weight excluding hydrogens is 346 g/mol. The number of rotatable bonds is 3. The van der Waals surface area contributed by atoms with E-state index >= 15 is 0 Å². The Morgan fingerprint density at radius 1 is 1.15 bits per heavy atom. The fourth-order valence-electron chi connectivity index (χ4n) is 4.40. The average Bonchev–Trinajstić information content (AvgIpc) is 2.97. The van der Waals surface area contributed by atoms with Crippen LogP contribution in [0.3, 0.4) is 0 Å². The minimum absolute atomic E-state index is 0.0308. The lowest BCUT2D eigenvalue weighted by molar-refractivity contribution is -0.138. The number of Topliss-reactive ketones (excluding diaryl/α,β-unsaturated/α-hetero) is 1. The number of aliphatic carboxylic acids is 1. The smallest absolute Gasteiger partial charge is 0.337 e. The van der Waals surface area contributed by atoms with Crippen LogP contribution in [-0.4, -0.2) is 40.9 Å². The highest BCUT2D eigenvalue weighted by atomic mass is 16.5. The molecule has 0 aromatic heterocycles. The molecule has 1 aliphatic carbocycles. The Bertz CT molecular complexity index is 910. The van der Waals surface area contributed by atoms with Gasteiger partial charge in [-0.1, -0.05) is 44.2 Å². The molecule has 6 heteroatoms. The monoisotopic (exact) mass is 367 g/mol. The predicted molar refractivity (Wildman–Crippen MR) is 96.6 cm³/mol. The number of carbonyl (C=O) groups is 3. The topological polar surface area (TPSA) is 83.9 Å². The number of benzene rings is 1. The molecule has 27 heavy (non-hydrogen) atoms. The first-order chi connectivity index (χ1) is 12.8. The van der Waals surface area contributed by atoms with Gasteiger partial charge in [-0.15, -0.1) is 0 Å². The van der Waals surface area contributed by atoms with Crippen LogP contribution in [0.25, 0.3) is 0 Å². The summed E-state index contributed by atoms with van der Waals surface area (Å²) >= 11 is 0. The van der Waals surface area contributed by atoms with Gasteiger partial charge in [0.05, 0.1) is 11.3 Å². The third-order valence-electron chi connectivity index (χ3n) is 5.42. The van der Waals surface area contributed by atoms with Crippen molar-refractivity contribution in [3.63, 3.8) is 0 Å². The van der Waals surface area contributed by atoms with Crippen molar-refractivity contribution in [2.75, 3.05) is 13.2 Å². The molecule has 6 nitrogen and oxygen atoms in total. The van der Waals surface area contributed by atoms with Gasteiger partial charge in [0.2, 0.25) is 0 Å². The number of carbonyl (C=O) groups excluding carboxylic acids is 2. The first kappa shape index (κ1) is 17.5. The minimum atomic E-state index is -1.01. The molecule has 0 amide bonds. The summed E-state index contributed by atoms with van der Waals surface area (Å²) in [5, 5.41) is 9.42. The molecule has 2 aliphatic heterocycles. The molecule has 0 fully saturated rings. The van der Waals surface area contributed by atoms with E-state index in [1.807, 2.05) is 44.2 Å². The summed E-state index contributed by atoms with van der Waals surface area (Å²) < 4.78 is 5.27. The molecule has 1 unspecified atom stereocenters. The summed E-state index contributed by atoms with van der Waals surface area (Å²) in [5.41, 5.74) is 2.80. The van der Waals surface area contributed by atoms with Crippen molar-refractivity contribution in [2.45, 2.75) is 32.6 Å². The zero-order valence-electron chi connectivity index (χ0n) is 15.3. The van der Waals surface area contributed by atoms with E-state index in [1.54, 1.807) is 4.90 Å². The highest BCUT2D eigenvalue weighted by Gasteiger charge is 2.48. The molecule has 1 N–H and O–H groups in total. The van der Waals surface area contributed by atoms with Crippen molar-refractivity contribution in [1.82, 2.24) is 4.90 Å². The number of cyclic esters (lactones) is 1. The van der Waals surface area contributed by atoms with Crippen LogP contribution >= 0.6 is 0 Å². The standard InChI is InChI=1S/C21H21NO5/c1-21(2)8-13-18(15(23)9-21)17(12-6-4-3-5-7-12)19-14(11-27-20(19)26)22(13)10-16(24)25/h3-7,17H,8-11H2,1-2H3,(H,24,25). The van der Waals surface area contributed by atoms with Crippen molar-refractivity contribution >= 4 is 17.7 Å². The Hall–Kier alpha value is -2.89. The molecule has 1 aromatic carbocycles. The van der Waals surface area contributed by atoms with Crippen LogP contribution in [0.2, 0.25) is 0 Å². The number of esters is 1. The molecular formula is C21H21NO5. The van der Waals surface area contributed by atoms with Crippen LogP contribution in [0.5, 0.6) is 0 Å². The molecule has 3 aliphatic rings. The molecule has 0 saturated heterocycles. The van der Waals surface area contributed by atoms with Gasteiger partial charge in [-0.2, -0.15) is 0 Å². The Morgan fingerprint density at radius 2 is 1.85 bits per heavy atom. The van der Waals surface area contributed by atoms with Crippen molar-refractivity contribution in [3.05, 3.63) is 58.4 Å². The average molecular weight is 367 g/mol. The lowest BCUT2D eigenvalue weighted by Crippen LogP contribution is -2.41. The highest BCUT2D eigenvalue weighted by molar-refractivity contribution is 6.05. The van der Waals surface area contributed by atoms with Gasteiger partial charge in [-0.25, -0.2) is 4.79 Å².